The number of anilines is 1. The fourth-order valence-electron chi connectivity index (χ4n) is 4.31. The van der Waals surface area contributed by atoms with Crippen molar-refractivity contribution in [2.24, 2.45) is 0 Å². The number of aryl methyl sites for hydroxylation is 1. The van der Waals surface area contributed by atoms with E-state index in [0.29, 0.717) is 39.6 Å². The summed E-state index contributed by atoms with van der Waals surface area (Å²) in [5.41, 5.74) is 5.34. The Hall–Kier alpha value is -4.34. The van der Waals surface area contributed by atoms with Crippen molar-refractivity contribution in [3.05, 3.63) is 83.7 Å². The maximum atomic E-state index is 12.9. The lowest BCUT2D eigenvalue weighted by atomic mass is 10.0. The molecule has 1 saturated carbocycles. The molecule has 0 atom stereocenters. The van der Waals surface area contributed by atoms with E-state index in [1.54, 1.807) is 30.0 Å². The fraction of sp³-hybridized carbons (Fsp3) is 0.276. The highest BCUT2D eigenvalue weighted by Crippen LogP contribution is 2.31. The van der Waals surface area contributed by atoms with Gasteiger partial charge in [-0.3, -0.25) is 4.79 Å². The van der Waals surface area contributed by atoms with Crippen LogP contribution in [0.5, 0.6) is 5.75 Å². The molecular formula is C29H28F3N5O2. The summed E-state index contributed by atoms with van der Waals surface area (Å²) in [5, 5.41) is 10.6. The molecule has 5 rings (SSSR count). The first-order valence-corrected chi connectivity index (χ1v) is 12.6. The predicted molar refractivity (Wildman–Crippen MR) is 144 cm³/mol. The molecule has 0 spiro atoms. The molecule has 10 heteroatoms. The van der Waals surface area contributed by atoms with Gasteiger partial charge in [0.25, 0.3) is 5.91 Å². The van der Waals surface area contributed by atoms with Gasteiger partial charge in [0, 0.05) is 29.3 Å². The van der Waals surface area contributed by atoms with Crippen molar-refractivity contribution in [1.29, 1.82) is 0 Å². The number of halogens is 3. The quantitative estimate of drug-likeness (QED) is 0.274. The number of carbonyl (C=O) groups excluding carboxylic acids is 1. The van der Waals surface area contributed by atoms with E-state index in [0.717, 1.165) is 29.5 Å². The van der Waals surface area contributed by atoms with E-state index in [2.05, 4.69) is 22.2 Å². The lowest BCUT2D eigenvalue weighted by Gasteiger charge is -2.14. The van der Waals surface area contributed by atoms with Crippen LogP contribution in [0.2, 0.25) is 0 Å². The van der Waals surface area contributed by atoms with Gasteiger partial charge in [0.2, 0.25) is 0 Å². The summed E-state index contributed by atoms with van der Waals surface area (Å²) < 4.78 is 45.5. The Morgan fingerprint density at radius 3 is 2.67 bits per heavy atom. The number of hydrogen-bond acceptors (Lipinski definition) is 5. The largest absolute Gasteiger partial charge is 0.497 e. The molecule has 1 amide bonds. The topological polar surface area (TPSA) is 80.5 Å². The molecule has 7 nitrogen and oxygen atoms in total. The fourth-order valence-corrected chi connectivity index (χ4v) is 4.31. The number of aromatic nitrogens is 3. The highest BCUT2D eigenvalue weighted by atomic mass is 19.4. The molecule has 1 aliphatic carbocycles. The van der Waals surface area contributed by atoms with Gasteiger partial charge in [0.15, 0.2) is 5.65 Å². The zero-order valence-electron chi connectivity index (χ0n) is 21.6. The molecule has 4 aromatic rings. The van der Waals surface area contributed by atoms with Gasteiger partial charge in [-0.15, -0.1) is 0 Å². The molecule has 1 aliphatic rings. The Kier molecular flexibility index (Phi) is 7.03. The standard InChI is InChI=1S/C29H28F3N5O2/c1-17-13-20(7-10-23(17)28(38)35-21-8-9-21)26-16-34-27-25(33-12-11-29(30,31)32)15-24(36-37(26)27)18(2)19-5-4-6-22(14-19)39-3/h4-7,10,13-16,21,33H,2,8-9,11-12H2,1,3H3,(H,35,38). The molecule has 2 aromatic carbocycles. The summed E-state index contributed by atoms with van der Waals surface area (Å²) >= 11 is 0. The van der Waals surface area contributed by atoms with Crippen molar-refractivity contribution >= 4 is 22.8 Å². The van der Waals surface area contributed by atoms with Crippen LogP contribution in [-0.2, 0) is 0 Å². The minimum atomic E-state index is -4.30. The average molecular weight is 536 g/mol. The predicted octanol–water partition coefficient (Wildman–Crippen LogP) is 6.03. The number of methoxy groups -OCH3 is 1. The van der Waals surface area contributed by atoms with Crippen molar-refractivity contribution in [2.75, 3.05) is 19.0 Å². The highest BCUT2D eigenvalue weighted by molar-refractivity contribution is 5.96. The molecule has 0 radical (unpaired) electrons. The molecule has 2 N–H and O–H groups in total. The Bertz CT molecular complexity index is 1560. The number of rotatable bonds is 9. The first kappa shape index (κ1) is 26.3. The SMILES string of the molecule is C=C(c1cccc(OC)c1)c1cc(NCCC(F)(F)F)c2ncc(-c3ccc(C(=O)NC4CC4)c(C)c3)n2n1. The van der Waals surface area contributed by atoms with Crippen LogP contribution >= 0.6 is 0 Å². The number of hydrogen-bond donors (Lipinski definition) is 2. The summed E-state index contributed by atoms with van der Waals surface area (Å²) in [4.78, 5) is 17.1. The summed E-state index contributed by atoms with van der Waals surface area (Å²) in [6, 6.07) is 14.7. The molecule has 1 fully saturated rings. The van der Waals surface area contributed by atoms with E-state index in [-0.39, 0.29) is 18.5 Å². The normalized spacial score (nSPS) is 13.4. The van der Waals surface area contributed by atoms with Crippen LogP contribution in [0.15, 0.2) is 61.3 Å². The number of fused-ring (bicyclic) bond motifs is 1. The number of nitrogens with one attached hydrogen (secondary N) is 2. The lowest BCUT2D eigenvalue weighted by Crippen LogP contribution is -2.26. The number of imidazole rings is 1. The van der Waals surface area contributed by atoms with E-state index in [9.17, 15) is 18.0 Å². The van der Waals surface area contributed by atoms with Crippen molar-refractivity contribution in [3.8, 4) is 17.0 Å². The zero-order chi connectivity index (χ0) is 27.7. The molecule has 0 unspecified atom stereocenters. The van der Waals surface area contributed by atoms with Gasteiger partial charge >= 0.3 is 6.18 Å². The molecule has 202 valence electrons. The monoisotopic (exact) mass is 535 g/mol. The number of alkyl halides is 3. The number of benzene rings is 2. The maximum Gasteiger partial charge on any atom is 0.390 e. The van der Waals surface area contributed by atoms with Crippen LogP contribution in [0.4, 0.5) is 18.9 Å². The van der Waals surface area contributed by atoms with Gasteiger partial charge in [0.05, 0.1) is 36.8 Å². The van der Waals surface area contributed by atoms with Gasteiger partial charge in [-0.1, -0.05) is 24.8 Å². The molecule has 39 heavy (non-hydrogen) atoms. The van der Waals surface area contributed by atoms with Crippen molar-refractivity contribution in [2.45, 2.75) is 38.4 Å². The summed E-state index contributed by atoms with van der Waals surface area (Å²) in [6.07, 6.45) is -1.67. The van der Waals surface area contributed by atoms with Gasteiger partial charge in [-0.25, -0.2) is 9.50 Å². The third-order valence-electron chi connectivity index (χ3n) is 6.60. The number of amides is 1. The van der Waals surface area contributed by atoms with Gasteiger partial charge in [-0.2, -0.15) is 18.3 Å². The second-order valence-electron chi connectivity index (χ2n) is 9.60. The van der Waals surface area contributed by atoms with Crippen LogP contribution in [-0.4, -0.2) is 46.4 Å². The molecule has 0 saturated heterocycles. The highest BCUT2D eigenvalue weighted by Gasteiger charge is 2.27. The zero-order valence-corrected chi connectivity index (χ0v) is 21.6. The van der Waals surface area contributed by atoms with Crippen molar-refractivity contribution in [3.63, 3.8) is 0 Å². The van der Waals surface area contributed by atoms with Crippen LogP contribution in [0.3, 0.4) is 0 Å². The van der Waals surface area contributed by atoms with Crippen LogP contribution in [0.25, 0.3) is 22.5 Å². The molecular weight excluding hydrogens is 507 g/mol. The Morgan fingerprint density at radius 2 is 1.97 bits per heavy atom. The molecule has 2 heterocycles. The van der Waals surface area contributed by atoms with E-state index < -0.39 is 12.6 Å². The smallest absolute Gasteiger partial charge is 0.390 e. The van der Waals surface area contributed by atoms with Crippen LogP contribution < -0.4 is 15.4 Å². The van der Waals surface area contributed by atoms with Crippen molar-refractivity contribution in [1.82, 2.24) is 19.9 Å². The minimum Gasteiger partial charge on any atom is -0.497 e. The third kappa shape index (κ3) is 5.89. The van der Waals surface area contributed by atoms with E-state index >= 15 is 0 Å². The maximum absolute atomic E-state index is 12.9. The van der Waals surface area contributed by atoms with E-state index in [1.807, 2.05) is 43.3 Å². The molecule has 0 bridgehead atoms. The molecule has 0 aliphatic heterocycles. The van der Waals surface area contributed by atoms with E-state index in [4.69, 9.17) is 9.84 Å². The third-order valence-corrected chi connectivity index (χ3v) is 6.60. The first-order valence-electron chi connectivity index (χ1n) is 12.6. The molecule has 2 aromatic heterocycles. The van der Waals surface area contributed by atoms with E-state index in [1.165, 1.54) is 0 Å². The van der Waals surface area contributed by atoms with Crippen LogP contribution in [0.1, 0.15) is 46.4 Å². The summed E-state index contributed by atoms with van der Waals surface area (Å²) in [7, 11) is 1.56. The number of nitrogens with zero attached hydrogens (tertiary/aromatic N) is 3. The minimum absolute atomic E-state index is 0.106. The second-order valence-corrected chi connectivity index (χ2v) is 9.60. The van der Waals surface area contributed by atoms with Gasteiger partial charge < -0.3 is 15.4 Å². The summed E-state index contributed by atoms with van der Waals surface area (Å²) in [6.45, 7) is 5.74. The van der Waals surface area contributed by atoms with Gasteiger partial charge in [0.1, 0.15) is 5.75 Å². The first-order chi connectivity index (χ1) is 18.6. The summed E-state index contributed by atoms with van der Waals surface area (Å²) in [5.74, 6) is 0.536. The Morgan fingerprint density at radius 1 is 1.18 bits per heavy atom. The van der Waals surface area contributed by atoms with Crippen molar-refractivity contribution < 1.29 is 22.7 Å². The number of ether oxygens (including phenoxy) is 1. The number of carbonyl (C=O) groups is 1. The lowest BCUT2D eigenvalue weighted by molar-refractivity contribution is -0.131. The Balaban J connectivity index is 1.55. The Labute approximate surface area is 223 Å². The van der Waals surface area contributed by atoms with Gasteiger partial charge in [-0.05, 0) is 61.2 Å². The average Bonchev–Trinajstić information content (AvgIpc) is 3.61. The second kappa shape index (κ2) is 10.4. The van der Waals surface area contributed by atoms with Crippen LogP contribution in [0, 0.1) is 6.92 Å².